The van der Waals surface area contributed by atoms with E-state index in [1.54, 1.807) is 13.4 Å². The van der Waals surface area contributed by atoms with E-state index in [-0.39, 0.29) is 5.91 Å². The Morgan fingerprint density at radius 1 is 1.47 bits per heavy atom. The largest absolute Gasteiger partial charge is 0.385 e. The van der Waals surface area contributed by atoms with Gasteiger partial charge >= 0.3 is 0 Å². The predicted octanol–water partition coefficient (Wildman–Crippen LogP) is 1.28. The van der Waals surface area contributed by atoms with Crippen LogP contribution in [0.3, 0.4) is 0 Å². The van der Waals surface area contributed by atoms with Crippen LogP contribution in [0, 0.1) is 0 Å². The summed E-state index contributed by atoms with van der Waals surface area (Å²) in [5.74, 6) is 0.548. The van der Waals surface area contributed by atoms with E-state index in [0.717, 1.165) is 31.2 Å². The standard InChI is InChI=1S/C12H22N4O2S/c1-4-15(5-2)11(17)9-19-12-14-13-10-16(12)7-6-8-18-3/h10H,4-9H2,1-3H3. The summed E-state index contributed by atoms with van der Waals surface area (Å²) in [5, 5.41) is 8.72. The third-order valence-electron chi connectivity index (χ3n) is 2.77. The number of carbonyl (C=O) groups is 1. The van der Waals surface area contributed by atoms with Gasteiger partial charge in [-0.1, -0.05) is 11.8 Å². The highest BCUT2D eigenvalue weighted by molar-refractivity contribution is 7.99. The lowest BCUT2D eigenvalue weighted by atomic mass is 10.4. The first-order valence-electron chi connectivity index (χ1n) is 6.50. The van der Waals surface area contributed by atoms with Gasteiger partial charge in [-0.25, -0.2) is 0 Å². The molecule has 0 radical (unpaired) electrons. The number of hydrogen-bond donors (Lipinski definition) is 0. The predicted molar refractivity (Wildman–Crippen MR) is 75.2 cm³/mol. The highest BCUT2D eigenvalue weighted by Crippen LogP contribution is 2.15. The van der Waals surface area contributed by atoms with E-state index in [1.807, 2.05) is 23.3 Å². The summed E-state index contributed by atoms with van der Waals surface area (Å²) in [4.78, 5) is 13.7. The lowest BCUT2D eigenvalue weighted by molar-refractivity contribution is -0.127. The molecule has 0 aliphatic rings. The summed E-state index contributed by atoms with van der Waals surface area (Å²) in [6, 6.07) is 0. The number of carbonyl (C=O) groups excluding carboxylic acids is 1. The SMILES string of the molecule is CCN(CC)C(=O)CSc1nncn1CCCOC. The van der Waals surface area contributed by atoms with Gasteiger partial charge in [0.2, 0.25) is 5.91 Å². The fourth-order valence-electron chi connectivity index (χ4n) is 1.68. The van der Waals surface area contributed by atoms with Crippen LogP contribution in [0.25, 0.3) is 0 Å². The van der Waals surface area contributed by atoms with Gasteiger partial charge in [0.1, 0.15) is 6.33 Å². The summed E-state index contributed by atoms with van der Waals surface area (Å²) in [6.45, 7) is 6.98. The van der Waals surface area contributed by atoms with Crippen LogP contribution in [0.15, 0.2) is 11.5 Å². The Bertz CT molecular complexity index is 380. The minimum absolute atomic E-state index is 0.140. The van der Waals surface area contributed by atoms with Crippen LogP contribution in [0.4, 0.5) is 0 Å². The zero-order valence-electron chi connectivity index (χ0n) is 11.8. The summed E-state index contributed by atoms with van der Waals surface area (Å²) >= 11 is 1.44. The molecule has 1 heterocycles. The Morgan fingerprint density at radius 2 is 2.21 bits per heavy atom. The molecule has 1 amide bonds. The highest BCUT2D eigenvalue weighted by Gasteiger charge is 2.12. The van der Waals surface area contributed by atoms with Gasteiger partial charge in [-0.15, -0.1) is 10.2 Å². The lowest BCUT2D eigenvalue weighted by Gasteiger charge is -2.18. The Hall–Kier alpha value is -1.08. The van der Waals surface area contributed by atoms with E-state index in [0.29, 0.717) is 12.4 Å². The minimum Gasteiger partial charge on any atom is -0.385 e. The lowest BCUT2D eigenvalue weighted by Crippen LogP contribution is -2.31. The molecule has 19 heavy (non-hydrogen) atoms. The van der Waals surface area contributed by atoms with E-state index >= 15 is 0 Å². The van der Waals surface area contributed by atoms with Gasteiger partial charge in [-0.05, 0) is 20.3 Å². The number of rotatable bonds is 9. The van der Waals surface area contributed by atoms with Crippen molar-refractivity contribution < 1.29 is 9.53 Å². The van der Waals surface area contributed by atoms with Gasteiger partial charge in [0.25, 0.3) is 0 Å². The number of hydrogen-bond acceptors (Lipinski definition) is 5. The molecule has 0 aliphatic carbocycles. The smallest absolute Gasteiger partial charge is 0.233 e. The molecule has 0 aromatic carbocycles. The molecule has 1 rings (SSSR count). The molecule has 0 saturated heterocycles. The first-order valence-corrected chi connectivity index (χ1v) is 7.48. The van der Waals surface area contributed by atoms with Crippen molar-refractivity contribution in [3.8, 4) is 0 Å². The quantitative estimate of drug-likeness (QED) is 0.505. The Labute approximate surface area is 118 Å². The van der Waals surface area contributed by atoms with Gasteiger partial charge < -0.3 is 14.2 Å². The van der Waals surface area contributed by atoms with Crippen molar-refractivity contribution in [3.05, 3.63) is 6.33 Å². The van der Waals surface area contributed by atoms with Crippen molar-refractivity contribution in [1.82, 2.24) is 19.7 Å². The minimum atomic E-state index is 0.140. The average molecular weight is 286 g/mol. The molecule has 1 aromatic heterocycles. The van der Waals surface area contributed by atoms with E-state index in [9.17, 15) is 4.79 Å². The van der Waals surface area contributed by atoms with Crippen molar-refractivity contribution in [2.75, 3.05) is 32.6 Å². The molecule has 0 spiro atoms. The molecular weight excluding hydrogens is 264 g/mol. The van der Waals surface area contributed by atoms with Gasteiger partial charge in [-0.2, -0.15) is 0 Å². The number of amides is 1. The maximum Gasteiger partial charge on any atom is 0.233 e. The molecule has 1 aromatic rings. The van der Waals surface area contributed by atoms with Crippen LogP contribution in [0.1, 0.15) is 20.3 Å². The fourth-order valence-corrected chi connectivity index (χ4v) is 2.53. The van der Waals surface area contributed by atoms with Crippen molar-refractivity contribution in [2.24, 2.45) is 0 Å². The molecule has 0 aliphatic heterocycles. The molecular formula is C12H22N4O2S. The second kappa shape index (κ2) is 8.92. The molecule has 7 heteroatoms. The molecule has 108 valence electrons. The second-order valence-electron chi connectivity index (χ2n) is 4.01. The highest BCUT2D eigenvalue weighted by atomic mass is 32.2. The number of aromatic nitrogens is 3. The third-order valence-corrected chi connectivity index (χ3v) is 3.73. The monoisotopic (exact) mass is 286 g/mol. The van der Waals surface area contributed by atoms with Crippen molar-refractivity contribution >= 4 is 17.7 Å². The van der Waals surface area contributed by atoms with Crippen LogP contribution < -0.4 is 0 Å². The molecule has 6 nitrogen and oxygen atoms in total. The Balaban J connectivity index is 2.44. The van der Waals surface area contributed by atoms with Gasteiger partial charge in [0.15, 0.2) is 5.16 Å². The Kier molecular flexibility index (Phi) is 7.50. The molecule has 0 unspecified atom stereocenters. The van der Waals surface area contributed by atoms with Crippen LogP contribution in [0.5, 0.6) is 0 Å². The topological polar surface area (TPSA) is 60.2 Å². The van der Waals surface area contributed by atoms with E-state index in [1.165, 1.54) is 11.8 Å². The van der Waals surface area contributed by atoms with Crippen LogP contribution in [-0.4, -0.2) is 58.1 Å². The maximum absolute atomic E-state index is 11.9. The van der Waals surface area contributed by atoms with Crippen molar-refractivity contribution in [3.63, 3.8) is 0 Å². The first kappa shape index (κ1) is 16.0. The zero-order chi connectivity index (χ0) is 14.1. The number of thioether (sulfide) groups is 1. The molecule has 0 saturated carbocycles. The summed E-state index contributed by atoms with van der Waals surface area (Å²) < 4.78 is 6.97. The first-order chi connectivity index (χ1) is 9.22. The Morgan fingerprint density at radius 3 is 2.84 bits per heavy atom. The van der Waals surface area contributed by atoms with E-state index < -0.39 is 0 Å². The van der Waals surface area contributed by atoms with Crippen LogP contribution in [0.2, 0.25) is 0 Å². The van der Waals surface area contributed by atoms with Gasteiger partial charge in [-0.3, -0.25) is 4.79 Å². The van der Waals surface area contributed by atoms with Crippen molar-refractivity contribution in [2.45, 2.75) is 32.0 Å². The second-order valence-corrected chi connectivity index (χ2v) is 4.95. The van der Waals surface area contributed by atoms with E-state index in [2.05, 4.69) is 10.2 Å². The number of aryl methyl sites for hydroxylation is 1. The van der Waals surface area contributed by atoms with Crippen molar-refractivity contribution in [1.29, 1.82) is 0 Å². The van der Waals surface area contributed by atoms with Crippen LogP contribution in [-0.2, 0) is 16.1 Å². The maximum atomic E-state index is 11.9. The number of ether oxygens (including phenoxy) is 1. The number of methoxy groups -OCH3 is 1. The summed E-state index contributed by atoms with van der Waals surface area (Å²) in [7, 11) is 1.69. The third kappa shape index (κ3) is 5.20. The van der Waals surface area contributed by atoms with Gasteiger partial charge in [0.05, 0.1) is 5.75 Å². The van der Waals surface area contributed by atoms with Gasteiger partial charge in [0, 0.05) is 33.4 Å². The van der Waals surface area contributed by atoms with Crippen LogP contribution >= 0.6 is 11.8 Å². The molecule has 0 N–H and O–H groups in total. The number of nitrogens with zero attached hydrogens (tertiary/aromatic N) is 4. The molecule has 0 fully saturated rings. The summed E-state index contributed by atoms with van der Waals surface area (Å²) in [6.07, 6.45) is 2.60. The van der Waals surface area contributed by atoms with E-state index in [4.69, 9.17) is 4.74 Å². The molecule has 0 bridgehead atoms. The average Bonchev–Trinajstić information content (AvgIpc) is 2.86. The zero-order valence-corrected chi connectivity index (χ0v) is 12.7. The fraction of sp³-hybridized carbons (Fsp3) is 0.750. The normalized spacial score (nSPS) is 10.7. The summed E-state index contributed by atoms with van der Waals surface area (Å²) in [5.41, 5.74) is 0. The molecule has 0 atom stereocenters.